The van der Waals surface area contributed by atoms with E-state index in [0.29, 0.717) is 13.2 Å². The van der Waals surface area contributed by atoms with Crippen LogP contribution >= 0.6 is 12.4 Å². The maximum Gasteiger partial charge on any atom is 0.237 e. The normalized spacial score (nSPS) is 12.1. The van der Waals surface area contributed by atoms with Crippen molar-refractivity contribution in [2.24, 2.45) is 11.7 Å². The first-order valence-electron chi connectivity index (χ1n) is 5.20. The van der Waals surface area contributed by atoms with Gasteiger partial charge < -0.3 is 15.8 Å². The summed E-state index contributed by atoms with van der Waals surface area (Å²) in [4.78, 5) is 11.3. The van der Waals surface area contributed by atoms with E-state index in [1.165, 1.54) is 0 Å². The minimum Gasteiger partial charge on any atom is -0.382 e. The fourth-order valence-electron chi connectivity index (χ4n) is 0.951. The van der Waals surface area contributed by atoms with Crippen molar-refractivity contribution in [3.8, 4) is 0 Å². The predicted octanol–water partition coefficient (Wildman–Crippen LogP) is 0.934. The average Bonchev–Trinajstić information content (AvgIpc) is 2.16. The van der Waals surface area contributed by atoms with Crippen molar-refractivity contribution < 1.29 is 9.53 Å². The summed E-state index contributed by atoms with van der Waals surface area (Å²) in [6, 6.07) is -0.401. The summed E-state index contributed by atoms with van der Waals surface area (Å²) in [5.74, 6) is 0.110. The third-order valence-corrected chi connectivity index (χ3v) is 1.99. The first-order valence-corrected chi connectivity index (χ1v) is 5.20. The molecule has 1 atom stereocenters. The molecule has 0 saturated carbocycles. The van der Waals surface area contributed by atoms with Crippen LogP contribution in [0, 0.1) is 5.92 Å². The van der Waals surface area contributed by atoms with Crippen LogP contribution < -0.4 is 11.1 Å². The van der Waals surface area contributed by atoms with E-state index in [2.05, 4.69) is 5.32 Å². The van der Waals surface area contributed by atoms with Crippen LogP contribution in [-0.2, 0) is 9.53 Å². The van der Waals surface area contributed by atoms with Crippen molar-refractivity contribution in [1.82, 2.24) is 5.32 Å². The molecular weight excluding hydrogens is 216 g/mol. The highest BCUT2D eigenvalue weighted by Crippen LogP contribution is 1.97. The molecule has 0 heterocycles. The fraction of sp³-hybridized carbons (Fsp3) is 0.900. The van der Waals surface area contributed by atoms with E-state index < -0.39 is 6.04 Å². The van der Waals surface area contributed by atoms with Gasteiger partial charge in [-0.3, -0.25) is 4.79 Å². The van der Waals surface area contributed by atoms with E-state index in [1.807, 2.05) is 20.8 Å². The zero-order valence-corrected chi connectivity index (χ0v) is 10.6. The number of ether oxygens (including phenoxy) is 1. The minimum atomic E-state index is -0.401. The van der Waals surface area contributed by atoms with Gasteiger partial charge in [0.25, 0.3) is 0 Å². The van der Waals surface area contributed by atoms with Gasteiger partial charge in [0, 0.05) is 19.8 Å². The lowest BCUT2D eigenvalue weighted by Crippen LogP contribution is -2.44. The molecule has 15 heavy (non-hydrogen) atoms. The molecule has 1 amide bonds. The number of rotatable bonds is 7. The molecule has 5 heteroatoms. The summed E-state index contributed by atoms with van der Waals surface area (Å²) in [6.45, 7) is 7.87. The average molecular weight is 239 g/mol. The minimum absolute atomic E-state index is 0. The van der Waals surface area contributed by atoms with Crippen molar-refractivity contribution in [3.05, 3.63) is 0 Å². The number of amides is 1. The zero-order valence-electron chi connectivity index (χ0n) is 9.79. The predicted molar refractivity (Wildman–Crippen MR) is 64.2 cm³/mol. The molecule has 0 rings (SSSR count). The molecule has 3 N–H and O–H groups in total. The van der Waals surface area contributed by atoms with Crippen molar-refractivity contribution in [3.63, 3.8) is 0 Å². The Kier molecular flexibility index (Phi) is 11.6. The van der Waals surface area contributed by atoms with Gasteiger partial charge in [0.2, 0.25) is 5.91 Å². The highest BCUT2D eigenvalue weighted by Gasteiger charge is 2.15. The van der Waals surface area contributed by atoms with Crippen molar-refractivity contribution in [1.29, 1.82) is 0 Å². The van der Waals surface area contributed by atoms with Gasteiger partial charge in [0.05, 0.1) is 6.04 Å². The summed E-state index contributed by atoms with van der Waals surface area (Å²) in [7, 11) is 0. The molecule has 1 unspecified atom stereocenters. The van der Waals surface area contributed by atoms with Gasteiger partial charge in [0.1, 0.15) is 0 Å². The van der Waals surface area contributed by atoms with Gasteiger partial charge in [-0.2, -0.15) is 0 Å². The Bertz CT molecular complexity index is 166. The topological polar surface area (TPSA) is 64.3 Å². The Morgan fingerprint density at radius 3 is 2.53 bits per heavy atom. The molecule has 0 spiro atoms. The third-order valence-electron chi connectivity index (χ3n) is 1.99. The largest absolute Gasteiger partial charge is 0.382 e. The van der Waals surface area contributed by atoms with Crippen molar-refractivity contribution >= 4 is 18.3 Å². The molecule has 0 aliphatic carbocycles. The summed E-state index contributed by atoms with van der Waals surface area (Å²) in [5.41, 5.74) is 5.66. The molecule has 92 valence electrons. The maximum absolute atomic E-state index is 11.3. The lowest BCUT2D eigenvalue weighted by Gasteiger charge is -2.15. The van der Waals surface area contributed by atoms with Crippen LogP contribution in [0.3, 0.4) is 0 Å². The van der Waals surface area contributed by atoms with E-state index in [4.69, 9.17) is 10.5 Å². The Hall–Kier alpha value is -0.320. The van der Waals surface area contributed by atoms with Crippen molar-refractivity contribution in [2.45, 2.75) is 33.2 Å². The lowest BCUT2D eigenvalue weighted by molar-refractivity contribution is -0.123. The van der Waals surface area contributed by atoms with Gasteiger partial charge in [-0.25, -0.2) is 0 Å². The highest BCUT2D eigenvalue weighted by molar-refractivity contribution is 5.85. The van der Waals surface area contributed by atoms with Crippen LogP contribution in [0.1, 0.15) is 27.2 Å². The second-order valence-electron chi connectivity index (χ2n) is 3.61. The van der Waals surface area contributed by atoms with Gasteiger partial charge in [-0.05, 0) is 19.3 Å². The fourth-order valence-corrected chi connectivity index (χ4v) is 0.951. The van der Waals surface area contributed by atoms with Gasteiger partial charge >= 0.3 is 0 Å². The smallest absolute Gasteiger partial charge is 0.237 e. The molecule has 0 aliphatic rings. The molecule has 0 aromatic carbocycles. The van der Waals surface area contributed by atoms with Crippen molar-refractivity contribution in [2.75, 3.05) is 19.8 Å². The zero-order chi connectivity index (χ0) is 11.0. The highest BCUT2D eigenvalue weighted by atomic mass is 35.5. The number of hydrogen-bond donors (Lipinski definition) is 2. The SMILES string of the molecule is CCOCCCNC(=O)C(N)C(C)C.Cl. The van der Waals surface area contributed by atoms with Gasteiger partial charge in [-0.15, -0.1) is 12.4 Å². The van der Waals surface area contributed by atoms with Crippen LogP contribution in [0.4, 0.5) is 0 Å². The first kappa shape index (κ1) is 17.1. The number of halogens is 1. The Morgan fingerprint density at radius 1 is 1.47 bits per heavy atom. The molecule has 0 aliphatic heterocycles. The first-order chi connectivity index (χ1) is 6.59. The van der Waals surface area contributed by atoms with Crippen LogP contribution in [0.15, 0.2) is 0 Å². The van der Waals surface area contributed by atoms with E-state index in [1.54, 1.807) is 0 Å². The molecule has 0 fully saturated rings. The van der Waals surface area contributed by atoms with E-state index in [9.17, 15) is 4.79 Å². The Labute approximate surface area is 98.3 Å². The summed E-state index contributed by atoms with van der Waals surface area (Å²) >= 11 is 0. The van der Waals surface area contributed by atoms with Gasteiger partial charge in [0.15, 0.2) is 0 Å². The second-order valence-corrected chi connectivity index (χ2v) is 3.61. The molecule has 4 nitrogen and oxygen atoms in total. The van der Waals surface area contributed by atoms with E-state index in [0.717, 1.165) is 13.0 Å². The number of hydrogen-bond acceptors (Lipinski definition) is 3. The van der Waals surface area contributed by atoms with Crippen LogP contribution in [0.2, 0.25) is 0 Å². The number of nitrogens with two attached hydrogens (primary N) is 1. The Morgan fingerprint density at radius 2 is 2.07 bits per heavy atom. The number of carbonyl (C=O) groups is 1. The quantitative estimate of drug-likeness (QED) is 0.649. The second kappa shape index (κ2) is 10.2. The van der Waals surface area contributed by atoms with E-state index in [-0.39, 0.29) is 24.2 Å². The summed E-state index contributed by atoms with van der Waals surface area (Å²) in [6.07, 6.45) is 0.838. The molecule has 0 aromatic rings. The molecule has 0 radical (unpaired) electrons. The molecule has 0 saturated heterocycles. The summed E-state index contributed by atoms with van der Waals surface area (Å²) in [5, 5.41) is 2.78. The monoisotopic (exact) mass is 238 g/mol. The molecule has 0 bridgehead atoms. The van der Waals surface area contributed by atoms with Gasteiger partial charge in [-0.1, -0.05) is 13.8 Å². The number of nitrogens with one attached hydrogen (secondary N) is 1. The third kappa shape index (κ3) is 8.66. The van der Waals surface area contributed by atoms with Crippen LogP contribution in [-0.4, -0.2) is 31.7 Å². The van der Waals surface area contributed by atoms with E-state index >= 15 is 0 Å². The van der Waals surface area contributed by atoms with Crippen LogP contribution in [0.25, 0.3) is 0 Å². The summed E-state index contributed by atoms with van der Waals surface area (Å²) < 4.78 is 5.14. The standard InChI is InChI=1S/C10H22N2O2.ClH/c1-4-14-7-5-6-12-10(13)9(11)8(2)3;/h8-9H,4-7,11H2,1-3H3,(H,12,13);1H. The number of carbonyl (C=O) groups excluding carboxylic acids is 1. The molecular formula is C10H23ClN2O2. The van der Waals surface area contributed by atoms with Crippen LogP contribution in [0.5, 0.6) is 0 Å². The molecule has 0 aromatic heterocycles. The Balaban J connectivity index is 0. The maximum atomic E-state index is 11.3. The lowest BCUT2D eigenvalue weighted by atomic mass is 10.1.